The van der Waals surface area contributed by atoms with Crippen LogP contribution in [0.3, 0.4) is 0 Å². The Labute approximate surface area is 144 Å². The maximum absolute atomic E-state index is 12.6. The summed E-state index contributed by atoms with van der Waals surface area (Å²) in [6, 6.07) is 0.210. The first-order valence-electron chi connectivity index (χ1n) is 9.08. The van der Waals surface area contributed by atoms with Crippen molar-refractivity contribution in [3.05, 3.63) is 18.1 Å². The molecule has 1 aromatic heterocycles. The molecule has 1 aromatic rings. The number of aromatic nitrogens is 2. The van der Waals surface area contributed by atoms with Gasteiger partial charge in [-0.05, 0) is 25.2 Å². The summed E-state index contributed by atoms with van der Waals surface area (Å²) in [7, 11) is 0. The second-order valence-electron chi connectivity index (χ2n) is 7.67. The summed E-state index contributed by atoms with van der Waals surface area (Å²) < 4.78 is 0. The zero-order chi connectivity index (χ0) is 17.3. The Balaban J connectivity index is 1.75. The quantitative estimate of drug-likeness (QED) is 0.830. The molecule has 1 amide bonds. The number of aryl methyl sites for hydroxylation is 1. The van der Waals surface area contributed by atoms with Crippen LogP contribution in [-0.4, -0.2) is 45.4 Å². The number of rotatable bonds is 6. The van der Waals surface area contributed by atoms with Crippen molar-refractivity contribution < 1.29 is 4.79 Å². The van der Waals surface area contributed by atoms with E-state index in [1.54, 1.807) is 6.33 Å². The van der Waals surface area contributed by atoms with Crippen molar-refractivity contribution >= 4 is 11.7 Å². The van der Waals surface area contributed by atoms with Gasteiger partial charge in [-0.3, -0.25) is 4.79 Å². The number of nitrogens with two attached hydrogens (primary N) is 1. The normalized spacial score (nSPS) is 25.1. The van der Waals surface area contributed by atoms with Crippen molar-refractivity contribution in [3.8, 4) is 0 Å². The van der Waals surface area contributed by atoms with Crippen LogP contribution in [0.15, 0.2) is 12.5 Å². The first-order valence-corrected chi connectivity index (χ1v) is 9.08. The van der Waals surface area contributed by atoms with Crippen LogP contribution in [0.2, 0.25) is 0 Å². The molecule has 0 aromatic carbocycles. The number of hydrogen-bond acceptors (Lipinski definition) is 5. The van der Waals surface area contributed by atoms with E-state index in [-0.39, 0.29) is 11.9 Å². The molecule has 1 aliphatic heterocycles. The van der Waals surface area contributed by atoms with E-state index in [9.17, 15) is 4.79 Å². The molecule has 6 nitrogen and oxygen atoms in total. The summed E-state index contributed by atoms with van der Waals surface area (Å²) in [5, 5.41) is 3.60. The Hall–Kier alpha value is -1.69. The maximum atomic E-state index is 12.6. The average molecular weight is 331 g/mol. The van der Waals surface area contributed by atoms with E-state index in [4.69, 9.17) is 5.73 Å². The minimum atomic E-state index is -0.585. The Kier molecular flexibility index (Phi) is 4.76. The highest BCUT2D eigenvalue weighted by molar-refractivity contribution is 5.89. The smallest absolute Gasteiger partial charge is 0.242 e. The van der Waals surface area contributed by atoms with Crippen LogP contribution in [0.5, 0.6) is 0 Å². The van der Waals surface area contributed by atoms with Gasteiger partial charge in [0.05, 0.1) is 5.54 Å². The van der Waals surface area contributed by atoms with Gasteiger partial charge in [-0.1, -0.05) is 27.2 Å². The third kappa shape index (κ3) is 3.38. The molecule has 1 aliphatic carbocycles. The first-order chi connectivity index (χ1) is 11.4. The van der Waals surface area contributed by atoms with Crippen LogP contribution in [0.4, 0.5) is 5.82 Å². The highest BCUT2D eigenvalue weighted by Gasteiger charge is 2.50. The van der Waals surface area contributed by atoms with Gasteiger partial charge < -0.3 is 16.0 Å². The van der Waals surface area contributed by atoms with E-state index >= 15 is 0 Å². The number of likely N-dealkylation sites (tertiary alicyclic amines) is 1. The summed E-state index contributed by atoms with van der Waals surface area (Å²) in [6.45, 7) is 8.07. The molecular formula is C18H29N5O. The third-order valence-electron chi connectivity index (χ3n) is 5.35. The molecule has 2 aliphatic rings. The maximum Gasteiger partial charge on any atom is 0.242 e. The van der Waals surface area contributed by atoms with Crippen LogP contribution >= 0.6 is 0 Å². The molecule has 6 heteroatoms. The summed E-state index contributed by atoms with van der Waals surface area (Å²) in [5.41, 5.74) is 6.68. The fourth-order valence-electron chi connectivity index (χ4n) is 3.60. The van der Waals surface area contributed by atoms with Crippen molar-refractivity contribution in [3.63, 3.8) is 0 Å². The van der Waals surface area contributed by atoms with E-state index in [2.05, 4.69) is 36.1 Å². The predicted octanol–water partition coefficient (Wildman–Crippen LogP) is 1.82. The van der Waals surface area contributed by atoms with Gasteiger partial charge in [0.2, 0.25) is 5.91 Å². The van der Waals surface area contributed by atoms with Crippen molar-refractivity contribution in [2.75, 3.05) is 18.4 Å². The summed E-state index contributed by atoms with van der Waals surface area (Å²) >= 11 is 0. The second kappa shape index (κ2) is 6.67. The van der Waals surface area contributed by atoms with E-state index < -0.39 is 5.54 Å². The van der Waals surface area contributed by atoms with Gasteiger partial charge in [-0.15, -0.1) is 0 Å². The fourth-order valence-corrected chi connectivity index (χ4v) is 3.60. The Morgan fingerprint density at radius 1 is 1.46 bits per heavy atom. The highest BCUT2D eigenvalue weighted by atomic mass is 16.2. The number of amides is 1. The zero-order valence-electron chi connectivity index (χ0n) is 15.0. The van der Waals surface area contributed by atoms with Gasteiger partial charge in [0, 0.05) is 36.8 Å². The zero-order valence-corrected chi connectivity index (χ0v) is 15.0. The molecule has 0 unspecified atom stereocenters. The number of anilines is 1. The average Bonchev–Trinajstić information content (AvgIpc) is 3.16. The summed E-state index contributed by atoms with van der Waals surface area (Å²) in [4.78, 5) is 23.1. The molecular weight excluding hydrogens is 302 g/mol. The van der Waals surface area contributed by atoms with Gasteiger partial charge in [-0.25, -0.2) is 9.97 Å². The van der Waals surface area contributed by atoms with Crippen LogP contribution in [0.1, 0.15) is 45.6 Å². The van der Waals surface area contributed by atoms with Crippen molar-refractivity contribution in [1.82, 2.24) is 14.9 Å². The molecule has 2 atom stereocenters. The van der Waals surface area contributed by atoms with Crippen molar-refractivity contribution in [2.45, 2.75) is 58.0 Å². The van der Waals surface area contributed by atoms with E-state index in [0.717, 1.165) is 43.6 Å². The van der Waals surface area contributed by atoms with Crippen LogP contribution in [0.25, 0.3) is 0 Å². The molecule has 3 rings (SSSR count). The highest BCUT2D eigenvalue weighted by Crippen LogP contribution is 2.37. The van der Waals surface area contributed by atoms with Crippen LogP contribution < -0.4 is 11.1 Å². The van der Waals surface area contributed by atoms with Gasteiger partial charge in [0.1, 0.15) is 12.1 Å². The molecule has 132 valence electrons. The largest absolute Gasteiger partial charge is 0.365 e. The lowest BCUT2D eigenvalue weighted by Crippen LogP contribution is -2.45. The molecule has 0 radical (unpaired) electrons. The van der Waals surface area contributed by atoms with Gasteiger partial charge in [0.15, 0.2) is 0 Å². The summed E-state index contributed by atoms with van der Waals surface area (Å²) in [6.07, 6.45) is 7.12. The Bertz CT molecular complexity index is 599. The first kappa shape index (κ1) is 17.1. The lowest BCUT2D eigenvalue weighted by molar-refractivity contribution is -0.132. The topological polar surface area (TPSA) is 84.1 Å². The molecule has 1 saturated heterocycles. The Morgan fingerprint density at radius 3 is 2.83 bits per heavy atom. The number of carbonyl (C=O) groups is 1. The molecule has 0 bridgehead atoms. The lowest BCUT2D eigenvalue weighted by Gasteiger charge is -2.24. The second-order valence-corrected chi connectivity index (χ2v) is 7.67. The third-order valence-corrected chi connectivity index (χ3v) is 5.35. The molecule has 1 saturated carbocycles. The molecule has 3 N–H and O–H groups in total. The van der Waals surface area contributed by atoms with Crippen molar-refractivity contribution in [2.24, 2.45) is 17.6 Å². The Morgan fingerprint density at radius 2 is 2.21 bits per heavy atom. The van der Waals surface area contributed by atoms with Crippen LogP contribution in [0, 0.1) is 11.8 Å². The number of nitrogens with zero attached hydrogens (tertiary/aromatic N) is 3. The molecule has 2 fully saturated rings. The monoisotopic (exact) mass is 331 g/mol. The predicted molar refractivity (Wildman–Crippen MR) is 94.5 cm³/mol. The molecule has 24 heavy (non-hydrogen) atoms. The minimum absolute atomic E-state index is 0.119. The minimum Gasteiger partial charge on any atom is -0.365 e. The SMILES string of the molecule is CCCc1cncnc1N[C@H]1CN(C(=O)C2(N)CC2)C[C@@H]1C(C)C. The van der Waals surface area contributed by atoms with E-state index in [0.29, 0.717) is 18.4 Å². The number of carbonyl (C=O) groups excluding carboxylic acids is 1. The number of nitrogens with one attached hydrogen (secondary N) is 1. The van der Waals surface area contributed by atoms with Gasteiger partial charge in [-0.2, -0.15) is 0 Å². The lowest BCUT2D eigenvalue weighted by atomic mass is 9.91. The molecule has 2 heterocycles. The molecule has 0 spiro atoms. The van der Waals surface area contributed by atoms with Crippen molar-refractivity contribution in [1.29, 1.82) is 0 Å². The fraction of sp³-hybridized carbons (Fsp3) is 0.722. The standard InChI is InChI=1S/C18H29N5O/c1-4-5-13-8-20-11-21-16(13)22-15-10-23(9-14(15)12(2)3)17(24)18(19)6-7-18/h8,11-12,14-15H,4-7,9-10,19H2,1-3H3,(H,20,21,22)/t14-,15+/m1/s1. The van der Waals surface area contributed by atoms with E-state index in [1.807, 2.05) is 11.1 Å². The number of hydrogen-bond donors (Lipinski definition) is 2. The van der Waals surface area contributed by atoms with Crippen LogP contribution in [-0.2, 0) is 11.2 Å². The van der Waals surface area contributed by atoms with Gasteiger partial charge in [0.25, 0.3) is 0 Å². The summed E-state index contributed by atoms with van der Waals surface area (Å²) in [5.74, 6) is 1.92. The van der Waals surface area contributed by atoms with E-state index in [1.165, 1.54) is 0 Å². The van der Waals surface area contributed by atoms with Gasteiger partial charge >= 0.3 is 0 Å².